The van der Waals surface area contributed by atoms with E-state index < -0.39 is 11.7 Å². The highest BCUT2D eigenvalue weighted by atomic mass is 19.4. The number of likely N-dealkylation sites (tertiary alicyclic amines) is 1. The van der Waals surface area contributed by atoms with E-state index in [2.05, 4.69) is 10.2 Å². The second-order valence-electron chi connectivity index (χ2n) is 7.76. The molecule has 1 aromatic heterocycles. The molecule has 0 aliphatic carbocycles. The average Bonchev–Trinajstić information content (AvgIpc) is 3.43. The summed E-state index contributed by atoms with van der Waals surface area (Å²) in [5, 5.41) is 7.14. The Balaban J connectivity index is 1.31. The highest BCUT2D eigenvalue weighted by molar-refractivity contribution is 5.79. The minimum Gasteiger partial charge on any atom is -0.487 e. The number of aromatic nitrogens is 2. The fraction of sp³-hybridized carbons (Fsp3) is 0.304. The largest absolute Gasteiger partial charge is 0.487 e. The summed E-state index contributed by atoms with van der Waals surface area (Å²) in [6, 6.07) is 12.4. The van der Waals surface area contributed by atoms with Gasteiger partial charge in [0.05, 0.1) is 23.4 Å². The Morgan fingerprint density at radius 1 is 1.16 bits per heavy atom. The zero-order valence-corrected chi connectivity index (χ0v) is 17.0. The number of carbonyl (C=O) groups excluding carboxylic acids is 1. The fourth-order valence-electron chi connectivity index (χ4n) is 3.70. The second kappa shape index (κ2) is 9.02. The molecule has 2 aromatic carbocycles. The lowest BCUT2D eigenvalue weighted by Gasteiger charge is -2.16. The van der Waals surface area contributed by atoms with E-state index >= 15 is 0 Å². The van der Waals surface area contributed by atoms with Crippen molar-refractivity contribution in [2.45, 2.75) is 31.5 Å². The molecule has 168 valence electrons. The van der Waals surface area contributed by atoms with Gasteiger partial charge in [-0.15, -0.1) is 0 Å². The minimum absolute atomic E-state index is 0.0252. The predicted molar refractivity (Wildman–Crippen MR) is 108 cm³/mol. The van der Waals surface area contributed by atoms with Crippen molar-refractivity contribution in [2.75, 3.05) is 13.1 Å². The van der Waals surface area contributed by atoms with Crippen LogP contribution in [0, 0.1) is 5.82 Å². The third-order valence-electron chi connectivity index (χ3n) is 5.43. The van der Waals surface area contributed by atoms with Gasteiger partial charge in [-0.1, -0.05) is 18.2 Å². The van der Waals surface area contributed by atoms with Gasteiger partial charge in [0.1, 0.15) is 18.2 Å². The molecule has 1 aliphatic heterocycles. The number of alkyl halides is 3. The number of nitrogens with zero attached hydrogens (tertiary/aromatic N) is 2. The Morgan fingerprint density at radius 2 is 1.94 bits per heavy atom. The first-order valence-corrected chi connectivity index (χ1v) is 10.1. The number of rotatable bonds is 6. The minimum atomic E-state index is -4.43. The summed E-state index contributed by atoms with van der Waals surface area (Å²) in [5.41, 5.74) is 1.41. The number of aromatic amines is 1. The number of halogens is 4. The van der Waals surface area contributed by atoms with Crippen molar-refractivity contribution in [1.29, 1.82) is 0 Å². The van der Waals surface area contributed by atoms with Gasteiger partial charge in [0.2, 0.25) is 5.91 Å². The summed E-state index contributed by atoms with van der Waals surface area (Å²) in [7, 11) is 0. The van der Waals surface area contributed by atoms with Gasteiger partial charge in [-0.05, 0) is 48.4 Å². The topological polar surface area (TPSA) is 58.2 Å². The Bertz CT molecular complexity index is 1080. The zero-order valence-electron chi connectivity index (χ0n) is 17.0. The summed E-state index contributed by atoms with van der Waals surface area (Å²) in [4.78, 5) is 14.3. The molecule has 1 fully saturated rings. The number of amides is 1. The van der Waals surface area contributed by atoms with Crippen molar-refractivity contribution in [3.8, 4) is 5.75 Å². The number of hydrogen-bond acceptors (Lipinski definition) is 3. The van der Waals surface area contributed by atoms with E-state index in [1.807, 2.05) is 6.07 Å². The van der Waals surface area contributed by atoms with Crippen LogP contribution in [-0.4, -0.2) is 34.1 Å². The maximum absolute atomic E-state index is 13.0. The molecule has 0 saturated carbocycles. The van der Waals surface area contributed by atoms with E-state index in [9.17, 15) is 22.4 Å². The van der Waals surface area contributed by atoms with Gasteiger partial charge in [-0.2, -0.15) is 18.3 Å². The highest BCUT2D eigenvalue weighted by Crippen LogP contribution is 2.31. The molecule has 1 N–H and O–H groups in total. The molecular weight excluding hydrogens is 426 g/mol. The lowest BCUT2D eigenvalue weighted by Crippen LogP contribution is -2.29. The second-order valence-corrected chi connectivity index (χ2v) is 7.76. The number of benzene rings is 2. The van der Waals surface area contributed by atoms with Crippen LogP contribution in [-0.2, 0) is 24.0 Å². The van der Waals surface area contributed by atoms with E-state index in [1.54, 1.807) is 17.0 Å². The van der Waals surface area contributed by atoms with E-state index in [4.69, 9.17) is 4.74 Å². The number of ether oxygens (including phenoxy) is 1. The third kappa shape index (κ3) is 5.27. The van der Waals surface area contributed by atoms with Crippen LogP contribution in [0.4, 0.5) is 17.6 Å². The molecule has 5 nitrogen and oxygen atoms in total. The zero-order chi connectivity index (χ0) is 22.7. The van der Waals surface area contributed by atoms with Crippen LogP contribution in [0.15, 0.2) is 54.6 Å². The van der Waals surface area contributed by atoms with Crippen LogP contribution in [0.25, 0.3) is 0 Å². The van der Waals surface area contributed by atoms with E-state index in [0.717, 1.165) is 29.8 Å². The van der Waals surface area contributed by atoms with Gasteiger partial charge in [0.15, 0.2) is 0 Å². The smallest absolute Gasteiger partial charge is 0.416 e. The third-order valence-corrected chi connectivity index (χ3v) is 5.43. The van der Waals surface area contributed by atoms with Crippen LogP contribution in [0.3, 0.4) is 0 Å². The van der Waals surface area contributed by atoms with Gasteiger partial charge < -0.3 is 9.64 Å². The number of hydrogen-bond donors (Lipinski definition) is 1. The van der Waals surface area contributed by atoms with Gasteiger partial charge in [-0.25, -0.2) is 4.39 Å². The summed E-state index contributed by atoms with van der Waals surface area (Å²) in [6.07, 6.45) is -3.46. The van der Waals surface area contributed by atoms with Crippen molar-refractivity contribution in [1.82, 2.24) is 15.1 Å². The highest BCUT2D eigenvalue weighted by Gasteiger charge is 2.31. The van der Waals surface area contributed by atoms with Crippen molar-refractivity contribution < 1.29 is 27.1 Å². The molecule has 9 heteroatoms. The Kier molecular flexibility index (Phi) is 6.16. The van der Waals surface area contributed by atoms with Crippen molar-refractivity contribution in [3.63, 3.8) is 0 Å². The lowest BCUT2D eigenvalue weighted by atomic mass is 10.1. The molecule has 1 atom stereocenters. The maximum atomic E-state index is 13.0. The number of carbonyl (C=O) groups is 1. The molecule has 3 aromatic rings. The summed E-state index contributed by atoms with van der Waals surface area (Å²) >= 11 is 0. The first-order valence-electron chi connectivity index (χ1n) is 10.1. The molecule has 0 spiro atoms. The van der Waals surface area contributed by atoms with Crippen LogP contribution >= 0.6 is 0 Å². The van der Waals surface area contributed by atoms with E-state index in [0.29, 0.717) is 18.8 Å². The summed E-state index contributed by atoms with van der Waals surface area (Å²) < 4.78 is 57.0. The SMILES string of the molecule is O=C(Cc1ccc(F)cc1)N1CCC(c2cc(COc3cccc(C(F)(F)F)c3)[nH]n2)C1. The summed E-state index contributed by atoms with van der Waals surface area (Å²) in [5.74, 6) is -0.184. The van der Waals surface area contributed by atoms with Crippen LogP contribution in [0.2, 0.25) is 0 Å². The maximum Gasteiger partial charge on any atom is 0.416 e. The molecule has 1 aliphatic rings. The molecule has 1 unspecified atom stereocenters. The van der Waals surface area contributed by atoms with Crippen LogP contribution in [0.5, 0.6) is 5.75 Å². The van der Waals surface area contributed by atoms with Gasteiger partial charge >= 0.3 is 6.18 Å². The molecular formula is C23H21F4N3O2. The van der Waals surface area contributed by atoms with Crippen molar-refractivity contribution >= 4 is 5.91 Å². The normalized spacial score (nSPS) is 16.4. The quantitative estimate of drug-likeness (QED) is 0.557. The van der Waals surface area contributed by atoms with Gasteiger partial charge in [0, 0.05) is 19.0 Å². The summed E-state index contributed by atoms with van der Waals surface area (Å²) in [6.45, 7) is 1.18. The molecule has 1 saturated heterocycles. The monoisotopic (exact) mass is 447 g/mol. The standard InChI is InChI=1S/C23H21F4N3O2/c24-18-6-4-15(5-7-18)10-22(31)30-9-8-16(13-30)21-12-19(28-29-21)14-32-20-3-1-2-17(11-20)23(25,26)27/h1-7,11-12,16H,8-10,13-14H2,(H,28,29). The Labute approximate surface area is 182 Å². The fourth-order valence-corrected chi connectivity index (χ4v) is 3.70. The van der Waals surface area contributed by atoms with Crippen molar-refractivity contribution in [2.24, 2.45) is 0 Å². The number of nitrogens with one attached hydrogen (secondary N) is 1. The molecule has 0 radical (unpaired) electrons. The van der Waals surface area contributed by atoms with Crippen molar-refractivity contribution in [3.05, 3.63) is 82.9 Å². The first-order chi connectivity index (χ1) is 15.3. The predicted octanol–water partition coefficient (Wildman–Crippen LogP) is 4.71. The van der Waals surface area contributed by atoms with E-state index in [-0.39, 0.29) is 36.4 Å². The Morgan fingerprint density at radius 3 is 2.69 bits per heavy atom. The van der Waals surface area contributed by atoms with Gasteiger partial charge in [-0.3, -0.25) is 9.89 Å². The molecule has 4 rings (SSSR count). The lowest BCUT2D eigenvalue weighted by molar-refractivity contribution is -0.137. The number of H-pyrrole nitrogens is 1. The van der Waals surface area contributed by atoms with Crippen LogP contribution < -0.4 is 4.74 Å². The average molecular weight is 447 g/mol. The van der Waals surface area contributed by atoms with Crippen LogP contribution in [0.1, 0.15) is 34.9 Å². The van der Waals surface area contributed by atoms with E-state index in [1.165, 1.54) is 24.3 Å². The first kappa shape index (κ1) is 21.9. The molecule has 1 amide bonds. The molecule has 2 heterocycles. The molecule has 32 heavy (non-hydrogen) atoms. The molecule has 0 bridgehead atoms. The van der Waals surface area contributed by atoms with Gasteiger partial charge in [0.25, 0.3) is 0 Å². The Hall–Kier alpha value is -3.36.